The van der Waals surface area contributed by atoms with E-state index in [1.165, 1.54) is 6.07 Å². The van der Waals surface area contributed by atoms with E-state index >= 15 is 0 Å². The van der Waals surface area contributed by atoms with E-state index in [4.69, 9.17) is 4.74 Å². The van der Waals surface area contributed by atoms with Crippen molar-refractivity contribution in [3.63, 3.8) is 0 Å². The Labute approximate surface area is 89.4 Å². The van der Waals surface area contributed by atoms with Gasteiger partial charge in [-0.1, -0.05) is 6.07 Å². The van der Waals surface area contributed by atoms with Crippen molar-refractivity contribution in [2.75, 3.05) is 20.2 Å². The molecule has 0 aliphatic carbocycles. The summed E-state index contributed by atoms with van der Waals surface area (Å²) in [6, 6.07) is 3.38. The van der Waals surface area contributed by atoms with E-state index in [1.807, 2.05) is 6.07 Å². The number of nitrogens with one attached hydrogen (secondary N) is 1. The summed E-state index contributed by atoms with van der Waals surface area (Å²) >= 11 is 0. The second kappa shape index (κ2) is 4.19. The molecule has 2 nitrogen and oxygen atoms in total. The van der Waals surface area contributed by atoms with Crippen molar-refractivity contribution in [2.24, 2.45) is 0 Å². The molecule has 1 atom stereocenters. The smallest absolute Gasteiger partial charge is 0.129 e. The highest BCUT2D eigenvalue weighted by Gasteiger charge is 2.22. The van der Waals surface area contributed by atoms with Crippen molar-refractivity contribution in [3.8, 4) is 5.75 Å². The topological polar surface area (TPSA) is 21.3 Å². The average molecular weight is 209 g/mol. The predicted molar refractivity (Wildman–Crippen MR) is 57.9 cm³/mol. The van der Waals surface area contributed by atoms with Gasteiger partial charge < -0.3 is 10.1 Å². The zero-order valence-electron chi connectivity index (χ0n) is 9.14. The number of hydrogen-bond donors (Lipinski definition) is 1. The number of methoxy groups -OCH3 is 1. The fourth-order valence-corrected chi connectivity index (χ4v) is 2.20. The Balaban J connectivity index is 2.41. The zero-order valence-corrected chi connectivity index (χ0v) is 9.14. The molecule has 1 N–H and O–H groups in total. The highest BCUT2D eigenvalue weighted by Crippen LogP contribution is 2.34. The van der Waals surface area contributed by atoms with Gasteiger partial charge in [-0.15, -0.1) is 0 Å². The highest BCUT2D eigenvalue weighted by molar-refractivity contribution is 5.44. The molecule has 1 heterocycles. The molecule has 82 valence electrons. The van der Waals surface area contributed by atoms with Gasteiger partial charge in [-0.05, 0) is 31.5 Å². The van der Waals surface area contributed by atoms with Crippen LogP contribution >= 0.6 is 0 Å². The molecule has 2 rings (SSSR count). The Morgan fingerprint density at radius 1 is 1.47 bits per heavy atom. The fraction of sp³-hybridized carbons (Fsp3) is 0.500. The van der Waals surface area contributed by atoms with Crippen molar-refractivity contribution in [2.45, 2.75) is 19.3 Å². The van der Waals surface area contributed by atoms with Gasteiger partial charge in [-0.25, -0.2) is 4.39 Å². The van der Waals surface area contributed by atoms with E-state index in [0.29, 0.717) is 17.2 Å². The van der Waals surface area contributed by atoms with Crippen LogP contribution in [-0.4, -0.2) is 20.2 Å². The summed E-state index contributed by atoms with van der Waals surface area (Å²) in [5.41, 5.74) is 1.74. The summed E-state index contributed by atoms with van der Waals surface area (Å²) in [4.78, 5) is 0. The maximum atomic E-state index is 13.3. The highest BCUT2D eigenvalue weighted by atomic mass is 19.1. The third kappa shape index (κ3) is 1.84. The summed E-state index contributed by atoms with van der Waals surface area (Å²) in [6.07, 6.45) is 1.10. The first-order valence-corrected chi connectivity index (χ1v) is 5.27. The van der Waals surface area contributed by atoms with Crippen molar-refractivity contribution >= 4 is 0 Å². The standard InChI is InChI=1S/C12H16FNO/c1-8-11(13)4-3-10(12(8)15-2)9-5-6-14-7-9/h3-4,9,14H,5-7H2,1-2H3. The van der Waals surface area contributed by atoms with Crippen molar-refractivity contribution in [3.05, 3.63) is 29.1 Å². The first kappa shape index (κ1) is 10.4. The van der Waals surface area contributed by atoms with Crippen molar-refractivity contribution in [1.29, 1.82) is 0 Å². The second-order valence-electron chi connectivity index (χ2n) is 3.98. The van der Waals surface area contributed by atoms with Crippen LogP contribution in [0, 0.1) is 12.7 Å². The lowest BCUT2D eigenvalue weighted by Crippen LogP contribution is -2.09. The van der Waals surface area contributed by atoms with Crippen LogP contribution in [0.25, 0.3) is 0 Å². The van der Waals surface area contributed by atoms with E-state index in [2.05, 4.69) is 5.32 Å². The first-order valence-electron chi connectivity index (χ1n) is 5.27. The van der Waals surface area contributed by atoms with Gasteiger partial charge in [0, 0.05) is 18.0 Å². The Kier molecular flexibility index (Phi) is 2.91. The van der Waals surface area contributed by atoms with Crippen LogP contribution in [0.5, 0.6) is 5.75 Å². The first-order chi connectivity index (χ1) is 7.24. The minimum absolute atomic E-state index is 0.193. The van der Waals surface area contributed by atoms with E-state index < -0.39 is 0 Å². The maximum absolute atomic E-state index is 13.3. The largest absolute Gasteiger partial charge is 0.496 e. The molecule has 0 spiro atoms. The van der Waals surface area contributed by atoms with E-state index in [-0.39, 0.29) is 5.82 Å². The Bertz CT molecular complexity index is 359. The van der Waals surface area contributed by atoms with Crippen LogP contribution in [0.2, 0.25) is 0 Å². The van der Waals surface area contributed by atoms with Crippen LogP contribution in [-0.2, 0) is 0 Å². The molecule has 3 heteroatoms. The lowest BCUT2D eigenvalue weighted by molar-refractivity contribution is 0.398. The molecule has 0 amide bonds. The van der Waals surface area contributed by atoms with Crippen molar-refractivity contribution < 1.29 is 9.13 Å². The number of hydrogen-bond acceptors (Lipinski definition) is 2. The normalized spacial score (nSPS) is 20.6. The van der Waals surface area contributed by atoms with Gasteiger partial charge in [-0.2, -0.15) is 0 Å². The summed E-state index contributed by atoms with van der Waals surface area (Å²) in [5, 5.41) is 3.31. The Hall–Kier alpha value is -1.09. The second-order valence-corrected chi connectivity index (χ2v) is 3.98. The molecule has 0 bridgehead atoms. The molecule has 1 saturated heterocycles. The minimum Gasteiger partial charge on any atom is -0.496 e. The van der Waals surface area contributed by atoms with Crippen LogP contribution in [0.3, 0.4) is 0 Å². The summed E-state index contributed by atoms with van der Waals surface area (Å²) in [7, 11) is 1.60. The van der Waals surface area contributed by atoms with Crippen LogP contribution in [0.1, 0.15) is 23.5 Å². The molecule has 15 heavy (non-hydrogen) atoms. The Morgan fingerprint density at radius 3 is 2.87 bits per heavy atom. The van der Waals surface area contributed by atoms with Gasteiger partial charge in [0.1, 0.15) is 11.6 Å². The Morgan fingerprint density at radius 2 is 2.27 bits per heavy atom. The quantitative estimate of drug-likeness (QED) is 0.806. The zero-order chi connectivity index (χ0) is 10.8. The van der Waals surface area contributed by atoms with Crippen LogP contribution in [0.4, 0.5) is 4.39 Å². The third-order valence-electron chi connectivity index (χ3n) is 3.07. The number of benzene rings is 1. The number of rotatable bonds is 2. The van der Waals surface area contributed by atoms with E-state index in [9.17, 15) is 4.39 Å². The van der Waals surface area contributed by atoms with Gasteiger partial charge in [0.2, 0.25) is 0 Å². The SMILES string of the molecule is COc1c(C2CCNC2)ccc(F)c1C. The lowest BCUT2D eigenvalue weighted by atomic mass is 9.95. The average Bonchev–Trinajstić information content (AvgIpc) is 2.75. The minimum atomic E-state index is -0.193. The fourth-order valence-electron chi connectivity index (χ4n) is 2.20. The number of halogens is 1. The predicted octanol–water partition coefficient (Wildman–Crippen LogP) is 2.22. The van der Waals surface area contributed by atoms with Gasteiger partial charge in [-0.3, -0.25) is 0 Å². The molecule has 0 saturated carbocycles. The van der Waals surface area contributed by atoms with E-state index in [0.717, 1.165) is 25.1 Å². The summed E-state index contributed by atoms with van der Waals surface area (Å²) < 4.78 is 18.6. The molecule has 1 aromatic rings. The maximum Gasteiger partial charge on any atom is 0.129 e. The molecule has 0 radical (unpaired) electrons. The molecule has 1 aliphatic rings. The van der Waals surface area contributed by atoms with E-state index in [1.54, 1.807) is 14.0 Å². The molecule has 1 fully saturated rings. The van der Waals surface area contributed by atoms with Crippen LogP contribution < -0.4 is 10.1 Å². The summed E-state index contributed by atoms with van der Waals surface area (Å²) in [5.74, 6) is 0.976. The van der Waals surface area contributed by atoms with Crippen LogP contribution in [0.15, 0.2) is 12.1 Å². The van der Waals surface area contributed by atoms with Gasteiger partial charge in [0.05, 0.1) is 7.11 Å². The number of ether oxygens (including phenoxy) is 1. The third-order valence-corrected chi connectivity index (χ3v) is 3.07. The molecular weight excluding hydrogens is 193 g/mol. The van der Waals surface area contributed by atoms with Crippen molar-refractivity contribution in [1.82, 2.24) is 5.32 Å². The molecule has 1 aromatic carbocycles. The molecule has 0 aromatic heterocycles. The molecule has 1 unspecified atom stereocenters. The lowest BCUT2D eigenvalue weighted by Gasteiger charge is -2.16. The van der Waals surface area contributed by atoms with Gasteiger partial charge in [0.25, 0.3) is 0 Å². The van der Waals surface area contributed by atoms with Gasteiger partial charge >= 0.3 is 0 Å². The van der Waals surface area contributed by atoms with Gasteiger partial charge in [0.15, 0.2) is 0 Å². The molecule has 1 aliphatic heterocycles. The molecular formula is C12H16FNO. The monoisotopic (exact) mass is 209 g/mol. The summed E-state index contributed by atoms with van der Waals surface area (Å²) in [6.45, 7) is 3.76.